The molecule has 6 heteroatoms. The number of rotatable bonds is 6. The van der Waals surface area contributed by atoms with E-state index in [0.29, 0.717) is 23.3 Å². The monoisotopic (exact) mass is 324 g/mol. The van der Waals surface area contributed by atoms with Crippen LogP contribution < -0.4 is 5.32 Å². The first-order chi connectivity index (χ1) is 10.6. The number of carbonyl (C=O) groups excluding carboxylic acids is 1. The topological polar surface area (TPSA) is 48.5 Å². The lowest BCUT2D eigenvalue weighted by atomic mass is 10.1. The van der Waals surface area contributed by atoms with Gasteiger partial charge in [0.2, 0.25) is 0 Å². The molecule has 0 radical (unpaired) electrons. The summed E-state index contributed by atoms with van der Waals surface area (Å²) in [6.45, 7) is 11.7. The summed E-state index contributed by atoms with van der Waals surface area (Å²) in [5, 5.41) is 3.28. The molecule has 2 rings (SSSR count). The fourth-order valence-corrected chi connectivity index (χ4v) is 2.85. The molecule has 0 spiro atoms. The van der Waals surface area contributed by atoms with Gasteiger partial charge in [-0.15, -0.1) is 0 Å². The van der Waals surface area contributed by atoms with E-state index in [9.17, 15) is 4.79 Å². The maximum absolute atomic E-state index is 12.0. The van der Waals surface area contributed by atoms with E-state index in [1.54, 1.807) is 18.2 Å². The summed E-state index contributed by atoms with van der Waals surface area (Å²) in [6, 6.07) is 5.08. The first-order valence-electron chi connectivity index (χ1n) is 7.94. The molecule has 5 nitrogen and oxygen atoms in total. The van der Waals surface area contributed by atoms with E-state index in [-0.39, 0.29) is 5.91 Å². The molecule has 1 aromatic rings. The zero-order valence-corrected chi connectivity index (χ0v) is 14.1. The Balaban J connectivity index is 1.71. The number of hydrogen-bond acceptors (Lipinski definition) is 4. The summed E-state index contributed by atoms with van der Waals surface area (Å²) < 4.78 is 0. The Morgan fingerprint density at radius 2 is 2.00 bits per heavy atom. The van der Waals surface area contributed by atoms with Crippen LogP contribution >= 0.6 is 11.6 Å². The maximum Gasteiger partial charge on any atom is 0.269 e. The van der Waals surface area contributed by atoms with Crippen LogP contribution in [0.1, 0.15) is 24.3 Å². The Morgan fingerprint density at radius 1 is 1.32 bits per heavy atom. The van der Waals surface area contributed by atoms with Crippen LogP contribution in [0, 0.1) is 5.92 Å². The highest BCUT2D eigenvalue weighted by Crippen LogP contribution is 2.07. The van der Waals surface area contributed by atoms with Gasteiger partial charge in [-0.05, 0) is 24.6 Å². The lowest BCUT2D eigenvalue weighted by molar-refractivity contribution is 0.0929. The van der Waals surface area contributed by atoms with Crippen molar-refractivity contribution in [3.63, 3.8) is 0 Å². The third kappa shape index (κ3) is 5.23. The molecule has 1 atom stereocenters. The van der Waals surface area contributed by atoms with E-state index in [1.165, 1.54) is 0 Å². The molecule has 1 saturated heterocycles. The second-order valence-electron chi connectivity index (χ2n) is 5.90. The van der Waals surface area contributed by atoms with Gasteiger partial charge in [-0.1, -0.05) is 31.5 Å². The molecule has 0 saturated carbocycles. The van der Waals surface area contributed by atoms with Crippen molar-refractivity contribution in [1.82, 2.24) is 20.1 Å². The predicted octanol–water partition coefficient (Wildman–Crippen LogP) is 1.74. The zero-order valence-electron chi connectivity index (χ0n) is 13.4. The largest absolute Gasteiger partial charge is 0.350 e. The van der Waals surface area contributed by atoms with Gasteiger partial charge >= 0.3 is 0 Å². The minimum absolute atomic E-state index is 0.162. The van der Waals surface area contributed by atoms with Gasteiger partial charge in [0, 0.05) is 39.3 Å². The van der Waals surface area contributed by atoms with Crippen molar-refractivity contribution < 1.29 is 4.79 Å². The average Bonchev–Trinajstić information content (AvgIpc) is 2.53. The van der Waals surface area contributed by atoms with E-state index in [2.05, 4.69) is 33.9 Å². The predicted molar refractivity (Wildman–Crippen MR) is 89.3 cm³/mol. The number of likely N-dealkylation sites (N-methyl/N-ethyl adjacent to an activating group) is 1. The van der Waals surface area contributed by atoms with Crippen molar-refractivity contribution in [3.8, 4) is 0 Å². The van der Waals surface area contributed by atoms with Crippen LogP contribution in [0.15, 0.2) is 18.2 Å². The third-order valence-electron chi connectivity index (χ3n) is 4.04. The Morgan fingerprint density at radius 3 is 2.64 bits per heavy atom. The number of hydrogen-bond donors (Lipinski definition) is 1. The van der Waals surface area contributed by atoms with E-state index in [1.807, 2.05) is 0 Å². The molecule has 0 bridgehead atoms. The van der Waals surface area contributed by atoms with E-state index < -0.39 is 0 Å². The van der Waals surface area contributed by atoms with Gasteiger partial charge in [0.15, 0.2) is 0 Å². The van der Waals surface area contributed by atoms with Crippen LogP contribution in [0.4, 0.5) is 0 Å². The van der Waals surface area contributed by atoms with Crippen molar-refractivity contribution in [1.29, 1.82) is 0 Å². The first kappa shape index (κ1) is 17.2. The second-order valence-corrected chi connectivity index (χ2v) is 6.28. The molecule has 2 heterocycles. The molecule has 0 aliphatic carbocycles. The minimum atomic E-state index is -0.162. The number of pyridine rings is 1. The summed E-state index contributed by atoms with van der Waals surface area (Å²) >= 11 is 5.80. The van der Waals surface area contributed by atoms with Crippen LogP contribution in [0.5, 0.6) is 0 Å². The number of halogens is 1. The van der Waals surface area contributed by atoms with Crippen LogP contribution in [0.2, 0.25) is 5.15 Å². The molecule has 1 fully saturated rings. The second kappa shape index (κ2) is 8.46. The normalized spacial score (nSPS) is 18.1. The smallest absolute Gasteiger partial charge is 0.269 e. The zero-order chi connectivity index (χ0) is 15.9. The molecule has 1 N–H and O–H groups in total. The Bertz CT molecular complexity index is 489. The quantitative estimate of drug-likeness (QED) is 0.810. The van der Waals surface area contributed by atoms with Gasteiger partial charge < -0.3 is 15.1 Å². The summed E-state index contributed by atoms with van der Waals surface area (Å²) in [4.78, 5) is 21.0. The van der Waals surface area contributed by atoms with Crippen molar-refractivity contribution in [2.75, 3.05) is 45.8 Å². The Kier molecular flexibility index (Phi) is 6.61. The summed E-state index contributed by atoms with van der Waals surface area (Å²) in [7, 11) is 0. The highest BCUT2D eigenvalue weighted by molar-refractivity contribution is 6.29. The molecule has 122 valence electrons. The van der Waals surface area contributed by atoms with Crippen molar-refractivity contribution in [2.24, 2.45) is 5.92 Å². The van der Waals surface area contributed by atoms with Crippen LogP contribution in [-0.4, -0.2) is 66.5 Å². The highest BCUT2D eigenvalue weighted by Gasteiger charge is 2.18. The molecular formula is C16H25ClN4O. The summed E-state index contributed by atoms with van der Waals surface area (Å²) in [5.41, 5.74) is 0.372. The molecule has 1 aliphatic rings. The number of aromatic nitrogens is 1. The average molecular weight is 325 g/mol. The molecule has 1 aromatic heterocycles. The Hall–Kier alpha value is -1.17. The van der Waals surface area contributed by atoms with Crippen molar-refractivity contribution >= 4 is 17.5 Å². The van der Waals surface area contributed by atoms with Crippen molar-refractivity contribution in [2.45, 2.75) is 13.8 Å². The lowest BCUT2D eigenvalue weighted by Crippen LogP contribution is -2.48. The number of piperazine rings is 1. The lowest BCUT2D eigenvalue weighted by Gasteiger charge is -2.35. The first-order valence-corrected chi connectivity index (χ1v) is 8.31. The minimum Gasteiger partial charge on any atom is -0.350 e. The number of nitrogens with zero attached hydrogens (tertiary/aromatic N) is 3. The van der Waals surface area contributed by atoms with Gasteiger partial charge in [-0.3, -0.25) is 4.79 Å². The van der Waals surface area contributed by atoms with Crippen LogP contribution in [0.3, 0.4) is 0 Å². The van der Waals surface area contributed by atoms with Gasteiger partial charge in [-0.2, -0.15) is 0 Å². The molecule has 0 aromatic carbocycles. The molecule has 1 amide bonds. The summed E-state index contributed by atoms with van der Waals surface area (Å²) in [5.74, 6) is 0.251. The molecule has 22 heavy (non-hydrogen) atoms. The van der Waals surface area contributed by atoms with E-state index >= 15 is 0 Å². The van der Waals surface area contributed by atoms with E-state index in [0.717, 1.165) is 39.3 Å². The maximum atomic E-state index is 12.0. The van der Waals surface area contributed by atoms with E-state index in [4.69, 9.17) is 11.6 Å². The molecule has 0 unspecified atom stereocenters. The highest BCUT2D eigenvalue weighted by atomic mass is 35.5. The fourth-order valence-electron chi connectivity index (χ4n) is 2.69. The van der Waals surface area contributed by atoms with Gasteiger partial charge in [-0.25, -0.2) is 4.98 Å². The van der Waals surface area contributed by atoms with Crippen molar-refractivity contribution in [3.05, 3.63) is 29.0 Å². The fraction of sp³-hybridized carbons (Fsp3) is 0.625. The number of carbonyl (C=O) groups is 1. The van der Waals surface area contributed by atoms with Crippen LogP contribution in [-0.2, 0) is 0 Å². The number of nitrogens with one attached hydrogen (secondary N) is 1. The Labute approximate surface area is 137 Å². The third-order valence-corrected chi connectivity index (χ3v) is 4.25. The molecule has 1 aliphatic heterocycles. The number of amides is 1. The SMILES string of the molecule is CCN1CCN(C[C@H](C)CNC(=O)c2cccc(Cl)n2)CC1. The summed E-state index contributed by atoms with van der Waals surface area (Å²) in [6.07, 6.45) is 0. The van der Waals surface area contributed by atoms with Gasteiger partial charge in [0.1, 0.15) is 10.8 Å². The molecular weight excluding hydrogens is 300 g/mol. The van der Waals surface area contributed by atoms with Gasteiger partial charge in [0.25, 0.3) is 5.91 Å². The van der Waals surface area contributed by atoms with Gasteiger partial charge in [0.05, 0.1) is 0 Å². The standard InChI is InChI=1S/C16H25ClN4O/c1-3-20-7-9-21(10-8-20)12-13(2)11-18-16(22)14-5-4-6-15(17)19-14/h4-6,13H,3,7-12H2,1-2H3,(H,18,22)/t13-/m1/s1. The van der Waals surface area contributed by atoms with Crippen LogP contribution in [0.25, 0.3) is 0 Å².